The Labute approximate surface area is 135 Å². The van der Waals surface area contributed by atoms with E-state index in [1.54, 1.807) is 4.57 Å². The monoisotopic (exact) mass is 365 g/mol. The van der Waals surface area contributed by atoms with Gasteiger partial charge in [0.1, 0.15) is 11.8 Å². The van der Waals surface area contributed by atoms with Crippen LogP contribution in [-0.2, 0) is 21.1 Å². The molecule has 0 amide bonds. The van der Waals surface area contributed by atoms with Crippen molar-refractivity contribution in [3.05, 3.63) is 12.7 Å². The summed E-state index contributed by atoms with van der Waals surface area (Å²) in [5.74, 6) is 0.272. The zero-order chi connectivity index (χ0) is 15.9. The molecule has 1 saturated heterocycles. The largest absolute Gasteiger partial charge is 0.382 e. The molecule has 9 nitrogen and oxygen atoms in total. The van der Waals surface area contributed by atoms with E-state index in [4.69, 9.17) is 36.4 Å². The van der Waals surface area contributed by atoms with Gasteiger partial charge in [0, 0.05) is 0 Å². The van der Waals surface area contributed by atoms with Crippen LogP contribution in [0.5, 0.6) is 0 Å². The number of alkyl halides is 1. The standard InChI is InChI=1S/C10H13ClN5O4PS/c11-6-1-5(2-19-21(17,18)22)20-10(6)16-4-15-7-8(12)13-3-14-9(7)16/h3-6,10H,1-2H2,(H2,12,13,14)(H2,17,18,22)/t5-,6+,10+/m0/s1. The third-order valence-corrected chi connectivity index (χ3v) is 4.41. The molecular formula is C10H13ClN5O4PS. The first-order chi connectivity index (χ1) is 10.3. The lowest BCUT2D eigenvalue weighted by Gasteiger charge is -2.17. The second-order valence-electron chi connectivity index (χ2n) is 4.77. The van der Waals surface area contributed by atoms with Crippen LogP contribution in [0.25, 0.3) is 11.2 Å². The van der Waals surface area contributed by atoms with Crippen molar-refractivity contribution in [1.29, 1.82) is 0 Å². The van der Waals surface area contributed by atoms with E-state index in [9.17, 15) is 0 Å². The number of imidazole rings is 1. The Hall–Kier alpha value is -0.870. The number of nitrogen functional groups attached to an aromatic ring is 1. The maximum atomic E-state index is 9.09. The Bertz CT molecular complexity index is 739. The molecule has 1 aliphatic rings. The molecule has 0 saturated carbocycles. The van der Waals surface area contributed by atoms with Crippen LogP contribution in [0.15, 0.2) is 12.7 Å². The number of nitrogens with two attached hydrogens (primary N) is 1. The number of anilines is 1. The van der Waals surface area contributed by atoms with Crippen molar-refractivity contribution >= 4 is 47.1 Å². The highest BCUT2D eigenvalue weighted by Crippen LogP contribution is 2.40. The molecule has 2 aromatic heterocycles. The summed E-state index contributed by atoms with van der Waals surface area (Å²) < 4.78 is 12.3. The summed E-state index contributed by atoms with van der Waals surface area (Å²) in [6.07, 6.45) is 2.39. The molecule has 0 aromatic carbocycles. The molecule has 0 bridgehead atoms. The topological polar surface area (TPSA) is 129 Å². The van der Waals surface area contributed by atoms with Crippen LogP contribution in [0.3, 0.4) is 0 Å². The smallest absolute Gasteiger partial charge is 0.321 e. The van der Waals surface area contributed by atoms with E-state index in [2.05, 4.69) is 26.8 Å². The number of hydrogen-bond acceptors (Lipinski definition) is 7. The summed E-state index contributed by atoms with van der Waals surface area (Å²) >= 11 is 10.7. The van der Waals surface area contributed by atoms with Crippen molar-refractivity contribution in [3.63, 3.8) is 0 Å². The second kappa shape index (κ2) is 5.97. The van der Waals surface area contributed by atoms with Crippen LogP contribution in [0.2, 0.25) is 0 Å². The van der Waals surface area contributed by atoms with Gasteiger partial charge in [-0.1, -0.05) is 0 Å². The highest BCUT2D eigenvalue weighted by Gasteiger charge is 2.37. The fraction of sp³-hybridized carbons (Fsp3) is 0.500. The summed E-state index contributed by atoms with van der Waals surface area (Å²) in [5, 5.41) is -0.363. The Morgan fingerprint density at radius 2 is 2.27 bits per heavy atom. The molecule has 3 rings (SSSR count). The van der Waals surface area contributed by atoms with Crippen LogP contribution in [0.1, 0.15) is 12.6 Å². The van der Waals surface area contributed by atoms with Gasteiger partial charge in [-0.15, -0.1) is 11.6 Å². The Morgan fingerprint density at radius 3 is 3.00 bits per heavy atom. The van der Waals surface area contributed by atoms with Crippen LogP contribution in [0.4, 0.5) is 5.82 Å². The van der Waals surface area contributed by atoms with Crippen molar-refractivity contribution < 1.29 is 19.0 Å². The lowest BCUT2D eigenvalue weighted by Crippen LogP contribution is -2.17. The van der Waals surface area contributed by atoms with Crippen LogP contribution < -0.4 is 5.73 Å². The predicted molar refractivity (Wildman–Crippen MR) is 82.6 cm³/mol. The zero-order valence-corrected chi connectivity index (χ0v) is 13.6. The van der Waals surface area contributed by atoms with E-state index < -0.39 is 19.1 Å². The summed E-state index contributed by atoms with van der Waals surface area (Å²) in [5.41, 5.74) is 6.72. The van der Waals surface area contributed by atoms with Gasteiger partial charge in [-0.3, -0.25) is 4.57 Å². The molecule has 3 atom stereocenters. The first kappa shape index (κ1) is 16.0. The summed E-state index contributed by atoms with van der Waals surface area (Å²) in [6.45, 7) is -3.76. The van der Waals surface area contributed by atoms with Crippen LogP contribution in [-0.4, -0.2) is 47.4 Å². The van der Waals surface area contributed by atoms with Gasteiger partial charge in [0.25, 0.3) is 0 Å². The molecular weight excluding hydrogens is 353 g/mol. The molecule has 4 N–H and O–H groups in total. The highest BCUT2D eigenvalue weighted by atomic mass is 35.5. The number of halogens is 1. The van der Waals surface area contributed by atoms with Crippen LogP contribution in [0, 0.1) is 0 Å². The Balaban J connectivity index is 1.80. The Kier molecular flexibility index (Phi) is 4.34. The van der Waals surface area contributed by atoms with Gasteiger partial charge in [0.05, 0.1) is 24.4 Å². The second-order valence-corrected chi connectivity index (χ2v) is 8.00. The van der Waals surface area contributed by atoms with Crippen molar-refractivity contribution in [2.75, 3.05) is 12.3 Å². The van der Waals surface area contributed by atoms with Gasteiger partial charge in [0.15, 0.2) is 17.7 Å². The third-order valence-electron chi connectivity index (χ3n) is 3.22. The number of hydrogen-bond donors (Lipinski definition) is 3. The number of ether oxygens (including phenoxy) is 1. The van der Waals surface area contributed by atoms with Crippen molar-refractivity contribution in [3.8, 4) is 0 Å². The molecule has 120 valence electrons. The van der Waals surface area contributed by atoms with Crippen molar-refractivity contribution in [2.45, 2.75) is 24.1 Å². The van der Waals surface area contributed by atoms with E-state index in [1.165, 1.54) is 12.7 Å². The van der Waals surface area contributed by atoms with Crippen LogP contribution >= 0.6 is 18.3 Å². The fourth-order valence-electron chi connectivity index (χ4n) is 2.29. The average molecular weight is 366 g/mol. The van der Waals surface area contributed by atoms with Gasteiger partial charge < -0.3 is 24.8 Å². The van der Waals surface area contributed by atoms with Gasteiger partial charge in [-0.25, -0.2) is 15.0 Å². The predicted octanol–water partition coefficient (Wildman–Crippen LogP) is 0.529. The summed E-state index contributed by atoms with van der Waals surface area (Å²) in [6, 6.07) is 0. The van der Waals surface area contributed by atoms with E-state index in [-0.39, 0.29) is 17.8 Å². The number of fused-ring (bicyclic) bond motifs is 1. The normalized spacial score (nSPS) is 25.9. The van der Waals surface area contributed by atoms with Gasteiger partial charge in [0.2, 0.25) is 0 Å². The molecule has 22 heavy (non-hydrogen) atoms. The molecule has 0 aliphatic carbocycles. The summed E-state index contributed by atoms with van der Waals surface area (Å²) in [7, 11) is 0. The fourth-order valence-corrected chi connectivity index (χ4v) is 3.21. The quantitative estimate of drug-likeness (QED) is 0.524. The molecule has 0 spiro atoms. The third kappa shape index (κ3) is 3.23. The molecule has 1 aliphatic heterocycles. The van der Waals surface area contributed by atoms with E-state index in [0.29, 0.717) is 17.6 Å². The maximum absolute atomic E-state index is 9.09. The number of rotatable bonds is 4. The molecule has 1 fully saturated rings. The van der Waals surface area contributed by atoms with Gasteiger partial charge in [-0.05, 0) is 18.2 Å². The maximum Gasteiger partial charge on any atom is 0.321 e. The zero-order valence-electron chi connectivity index (χ0n) is 11.1. The SMILES string of the molecule is Nc1ncnc2c1ncn2[C@@H]1O[C@H](COP(O)(O)=S)C[C@H]1Cl. The molecule has 2 aromatic rings. The number of aromatic nitrogens is 4. The number of nitrogens with zero attached hydrogens (tertiary/aromatic N) is 4. The average Bonchev–Trinajstić information content (AvgIpc) is 3.00. The highest BCUT2D eigenvalue weighted by molar-refractivity contribution is 8.06. The van der Waals surface area contributed by atoms with E-state index in [0.717, 1.165) is 0 Å². The van der Waals surface area contributed by atoms with Crippen molar-refractivity contribution in [1.82, 2.24) is 19.5 Å². The minimum Gasteiger partial charge on any atom is -0.382 e. The first-order valence-corrected chi connectivity index (χ1v) is 9.34. The van der Waals surface area contributed by atoms with E-state index >= 15 is 0 Å². The lowest BCUT2D eigenvalue weighted by atomic mass is 10.2. The van der Waals surface area contributed by atoms with Gasteiger partial charge in [-0.2, -0.15) is 0 Å². The molecule has 0 unspecified atom stereocenters. The molecule has 0 radical (unpaired) electrons. The van der Waals surface area contributed by atoms with E-state index in [1.807, 2.05) is 0 Å². The molecule has 12 heteroatoms. The van der Waals surface area contributed by atoms with Crippen molar-refractivity contribution in [2.24, 2.45) is 0 Å². The molecule has 3 heterocycles. The minimum absolute atomic E-state index is 0.0479. The first-order valence-electron chi connectivity index (χ1n) is 6.28. The lowest BCUT2D eigenvalue weighted by molar-refractivity contribution is -0.0171. The van der Waals surface area contributed by atoms with Gasteiger partial charge >= 0.3 is 6.72 Å². The summed E-state index contributed by atoms with van der Waals surface area (Å²) in [4.78, 5) is 30.4. The minimum atomic E-state index is -3.71. The Morgan fingerprint density at radius 1 is 1.50 bits per heavy atom.